The Balaban J connectivity index is 2.17. The molecule has 0 saturated carbocycles. The van der Waals surface area contributed by atoms with Gasteiger partial charge >= 0.3 is 5.97 Å². The zero-order chi connectivity index (χ0) is 18.1. The van der Waals surface area contributed by atoms with Crippen LogP contribution in [0.25, 0.3) is 6.08 Å². The van der Waals surface area contributed by atoms with E-state index in [-0.39, 0.29) is 17.7 Å². The standard InChI is InChI=1S/C21H21NO3/c1-16(2)25-21(24)19(15-9-12-17-10-5-3-6-11-17)22-20(23)18-13-7-4-8-14-18/h3-16H,1-2H3,(H,22,23)/b12-9-,19-15-. The van der Waals surface area contributed by atoms with Crippen LogP contribution in [0.3, 0.4) is 0 Å². The second-order valence-corrected chi connectivity index (χ2v) is 5.62. The van der Waals surface area contributed by atoms with Crippen LogP contribution >= 0.6 is 0 Å². The monoisotopic (exact) mass is 335 g/mol. The van der Waals surface area contributed by atoms with Crippen LogP contribution in [0.15, 0.2) is 78.5 Å². The van der Waals surface area contributed by atoms with E-state index in [2.05, 4.69) is 5.32 Å². The number of ether oxygens (including phenoxy) is 1. The number of carbonyl (C=O) groups excluding carboxylic acids is 2. The number of amides is 1. The van der Waals surface area contributed by atoms with Crippen LogP contribution in [0, 0.1) is 0 Å². The molecule has 0 aromatic heterocycles. The number of nitrogens with one attached hydrogen (secondary N) is 1. The molecule has 1 amide bonds. The van der Waals surface area contributed by atoms with E-state index in [1.807, 2.05) is 42.5 Å². The zero-order valence-electron chi connectivity index (χ0n) is 14.3. The summed E-state index contributed by atoms with van der Waals surface area (Å²) in [5.74, 6) is -0.933. The summed E-state index contributed by atoms with van der Waals surface area (Å²) in [6.07, 6.45) is 4.82. The van der Waals surface area contributed by atoms with E-state index in [9.17, 15) is 9.59 Å². The molecule has 0 heterocycles. The van der Waals surface area contributed by atoms with Gasteiger partial charge in [-0.15, -0.1) is 0 Å². The molecule has 4 heteroatoms. The SMILES string of the molecule is CC(C)OC(=O)/C(=C/C=C\c1ccccc1)NC(=O)c1ccccc1. The minimum atomic E-state index is -0.572. The fourth-order valence-electron chi connectivity index (χ4n) is 2.04. The van der Waals surface area contributed by atoms with Crippen molar-refractivity contribution >= 4 is 18.0 Å². The summed E-state index contributed by atoms with van der Waals surface area (Å²) in [5.41, 5.74) is 1.55. The summed E-state index contributed by atoms with van der Waals surface area (Å²) in [7, 11) is 0. The van der Waals surface area contributed by atoms with E-state index in [1.165, 1.54) is 0 Å². The lowest BCUT2D eigenvalue weighted by molar-refractivity contribution is -0.143. The normalized spacial score (nSPS) is 11.6. The largest absolute Gasteiger partial charge is 0.458 e. The first-order chi connectivity index (χ1) is 12.1. The molecule has 1 N–H and O–H groups in total. The summed E-state index contributed by atoms with van der Waals surface area (Å²) in [6.45, 7) is 3.52. The van der Waals surface area contributed by atoms with Crippen molar-refractivity contribution in [3.05, 3.63) is 89.6 Å². The third-order valence-electron chi connectivity index (χ3n) is 3.20. The van der Waals surface area contributed by atoms with Gasteiger partial charge in [0.15, 0.2) is 0 Å². The first-order valence-electron chi connectivity index (χ1n) is 8.07. The van der Waals surface area contributed by atoms with Crippen molar-refractivity contribution in [1.82, 2.24) is 5.32 Å². The molecule has 2 aromatic rings. The molecule has 0 fully saturated rings. The Morgan fingerprint density at radius 3 is 2.16 bits per heavy atom. The number of esters is 1. The highest BCUT2D eigenvalue weighted by molar-refractivity contribution is 6.01. The molecule has 0 aliphatic heterocycles. The average Bonchev–Trinajstić information content (AvgIpc) is 2.61. The summed E-state index contributed by atoms with van der Waals surface area (Å²) in [5, 5.41) is 2.62. The molecular formula is C21H21NO3. The van der Waals surface area contributed by atoms with Crippen molar-refractivity contribution in [2.75, 3.05) is 0 Å². The maximum absolute atomic E-state index is 12.3. The quantitative estimate of drug-likeness (QED) is 0.494. The van der Waals surface area contributed by atoms with Gasteiger partial charge in [-0.05, 0) is 37.6 Å². The molecule has 4 nitrogen and oxygen atoms in total. The highest BCUT2D eigenvalue weighted by Crippen LogP contribution is 2.06. The smallest absolute Gasteiger partial charge is 0.355 e. The first kappa shape index (κ1) is 18.2. The molecule has 0 bridgehead atoms. The highest BCUT2D eigenvalue weighted by atomic mass is 16.5. The molecule has 0 saturated heterocycles. The summed E-state index contributed by atoms with van der Waals surface area (Å²) >= 11 is 0. The Bertz CT molecular complexity index is 762. The third-order valence-corrected chi connectivity index (χ3v) is 3.20. The van der Waals surface area contributed by atoms with Crippen LogP contribution in [-0.2, 0) is 9.53 Å². The molecule has 128 valence electrons. The van der Waals surface area contributed by atoms with Gasteiger partial charge in [-0.1, -0.05) is 60.7 Å². The van der Waals surface area contributed by atoms with Gasteiger partial charge in [0.25, 0.3) is 5.91 Å². The number of benzene rings is 2. The van der Waals surface area contributed by atoms with Gasteiger partial charge in [-0.25, -0.2) is 4.79 Å². The lowest BCUT2D eigenvalue weighted by atomic mass is 10.2. The van der Waals surface area contributed by atoms with Gasteiger partial charge in [-0.2, -0.15) is 0 Å². The fraction of sp³-hybridized carbons (Fsp3) is 0.143. The maximum Gasteiger partial charge on any atom is 0.355 e. The predicted molar refractivity (Wildman–Crippen MR) is 98.7 cm³/mol. The first-order valence-corrected chi connectivity index (χ1v) is 8.07. The second kappa shape index (κ2) is 9.23. The Kier molecular flexibility index (Phi) is 6.72. The number of allylic oxidation sites excluding steroid dienone is 2. The summed E-state index contributed by atoms with van der Waals surface area (Å²) in [6, 6.07) is 18.4. The topological polar surface area (TPSA) is 55.4 Å². The van der Waals surface area contributed by atoms with Crippen molar-refractivity contribution in [2.24, 2.45) is 0 Å². The Labute approximate surface area is 147 Å². The second-order valence-electron chi connectivity index (χ2n) is 5.62. The van der Waals surface area contributed by atoms with Crippen LogP contribution in [0.2, 0.25) is 0 Å². The van der Waals surface area contributed by atoms with Crippen molar-refractivity contribution in [1.29, 1.82) is 0 Å². The van der Waals surface area contributed by atoms with E-state index in [0.717, 1.165) is 5.56 Å². The molecular weight excluding hydrogens is 314 g/mol. The molecule has 0 unspecified atom stereocenters. The predicted octanol–water partition coefficient (Wildman–Crippen LogP) is 3.97. The van der Waals surface area contributed by atoms with Gasteiger partial charge in [0, 0.05) is 5.56 Å². The zero-order valence-corrected chi connectivity index (χ0v) is 14.3. The average molecular weight is 335 g/mol. The lowest BCUT2D eigenvalue weighted by Crippen LogP contribution is -2.29. The minimum absolute atomic E-state index is 0.0923. The summed E-state index contributed by atoms with van der Waals surface area (Å²) < 4.78 is 5.20. The van der Waals surface area contributed by atoms with E-state index >= 15 is 0 Å². The molecule has 0 aliphatic rings. The molecule has 0 aliphatic carbocycles. The van der Waals surface area contributed by atoms with Gasteiger partial charge in [-0.3, -0.25) is 4.79 Å². The fourth-order valence-corrected chi connectivity index (χ4v) is 2.04. The van der Waals surface area contributed by atoms with Gasteiger partial charge in [0.1, 0.15) is 5.70 Å². The van der Waals surface area contributed by atoms with E-state index in [1.54, 1.807) is 50.3 Å². The van der Waals surface area contributed by atoms with Crippen molar-refractivity contribution in [3.8, 4) is 0 Å². The number of hydrogen-bond donors (Lipinski definition) is 1. The van der Waals surface area contributed by atoms with Crippen LogP contribution in [0.1, 0.15) is 29.8 Å². The number of carbonyl (C=O) groups is 2. The Hall–Kier alpha value is -3.14. The molecule has 0 radical (unpaired) electrons. The van der Waals surface area contributed by atoms with Crippen LogP contribution in [-0.4, -0.2) is 18.0 Å². The van der Waals surface area contributed by atoms with E-state index < -0.39 is 5.97 Å². The van der Waals surface area contributed by atoms with Gasteiger partial charge in [0.2, 0.25) is 0 Å². The Morgan fingerprint density at radius 2 is 1.56 bits per heavy atom. The van der Waals surface area contributed by atoms with Gasteiger partial charge < -0.3 is 10.1 Å². The lowest BCUT2D eigenvalue weighted by Gasteiger charge is -2.12. The van der Waals surface area contributed by atoms with Crippen molar-refractivity contribution in [3.63, 3.8) is 0 Å². The molecule has 0 spiro atoms. The van der Waals surface area contributed by atoms with Gasteiger partial charge in [0.05, 0.1) is 6.10 Å². The maximum atomic E-state index is 12.3. The van der Waals surface area contributed by atoms with E-state index in [4.69, 9.17) is 4.74 Å². The molecule has 2 aromatic carbocycles. The van der Waals surface area contributed by atoms with Crippen LogP contribution < -0.4 is 5.32 Å². The molecule has 2 rings (SSSR count). The van der Waals surface area contributed by atoms with Crippen molar-refractivity contribution in [2.45, 2.75) is 20.0 Å². The van der Waals surface area contributed by atoms with Crippen LogP contribution in [0.5, 0.6) is 0 Å². The molecule has 25 heavy (non-hydrogen) atoms. The third kappa shape index (κ3) is 6.11. The van der Waals surface area contributed by atoms with E-state index in [0.29, 0.717) is 5.56 Å². The number of rotatable bonds is 6. The van der Waals surface area contributed by atoms with Crippen LogP contribution in [0.4, 0.5) is 0 Å². The number of hydrogen-bond acceptors (Lipinski definition) is 3. The minimum Gasteiger partial charge on any atom is -0.458 e. The Morgan fingerprint density at radius 1 is 0.960 bits per heavy atom. The highest BCUT2D eigenvalue weighted by Gasteiger charge is 2.16. The molecule has 0 atom stereocenters. The summed E-state index contributed by atoms with van der Waals surface area (Å²) in [4.78, 5) is 24.5. The van der Waals surface area contributed by atoms with Crippen molar-refractivity contribution < 1.29 is 14.3 Å².